The number of hydrogen-bond donors (Lipinski definition) is 0. The van der Waals surface area contributed by atoms with Crippen LogP contribution in [0.5, 0.6) is 11.5 Å². The fourth-order valence-electron chi connectivity index (χ4n) is 3.94. The van der Waals surface area contributed by atoms with Gasteiger partial charge in [-0.15, -0.1) is 0 Å². The molecule has 0 N–H and O–H groups in total. The minimum Gasteiger partial charge on any atom is -0.463 e. The van der Waals surface area contributed by atoms with Gasteiger partial charge >= 0.3 is 5.97 Å². The van der Waals surface area contributed by atoms with Gasteiger partial charge in [-0.2, -0.15) is 0 Å². The molecule has 2 aromatic carbocycles. The van der Waals surface area contributed by atoms with E-state index in [1.165, 1.54) is 11.3 Å². The molecule has 0 spiro atoms. The lowest BCUT2D eigenvalue weighted by Gasteiger charge is -2.24. The summed E-state index contributed by atoms with van der Waals surface area (Å²) in [4.78, 5) is 31.7. The second kappa shape index (κ2) is 8.64. The predicted octanol–water partition coefficient (Wildman–Crippen LogP) is 3.29. The number of hydrogen-bond acceptors (Lipinski definition) is 7. The third-order valence-corrected chi connectivity index (χ3v) is 6.85. The van der Waals surface area contributed by atoms with Gasteiger partial charge in [0.2, 0.25) is 6.79 Å². The molecule has 0 saturated carbocycles. The van der Waals surface area contributed by atoms with Crippen LogP contribution in [-0.4, -0.2) is 23.9 Å². The summed E-state index contributed by atoms with van der Waals surface area (Å²) in [6, 6.07) is 12.4. The highest BCUT2D eigenvalue weighted by Gasteiger charge is 2.34. The number of allylic oxidation sites excluding steroid dienone is 1. The van der Waals surface area contributed by atoms with E-state index in [4.69, 9.17) is 14.2 Å². The van der Waals surface area contributed by atoms with E-state index in [2.05, 4.69) is 20.9 Å². The molecule has 2 aliphatic rings. The van der Waals surface area contributed by atoms with Crippen LogP contribution in [0.25, 0.3) is 6.08 Å². The molecule has 0 bridgehead atoms. The highest BCUT2D eigenvalue weighted by Crippen LogP contribution is 2.38. The monoisotopic (exact) mass is 526 g/mol. The van der Waals surface area contributed by atoms with Crippen molar-refractivity contribution in [1.29, 1.82) is 0 Å². The van der Waals surface area contributed by atoms with Crippen LogP contribution < -0.4 is 24.4 Å². The first kappa shape index (κ1) is 21.7. The number of halogens is 1. The second-order valence-corrected chi connectivity index (χ2v) is 9.39. The van der Waals surface area contributed by atoms with Gasteiger partial charge < -0.3 is 14.2 Å². The van der Waals surface area contributed by atoms with Gasteiger partial charge in [-0.3, -0.25) is 9.36 Å². The SMILES string of the molecule is CCOC(=O)C1=C(C)N=c2s/c(=C\c3cccc(Br)c3)c(=O)n2C1c1ccc2c(c1)OCO2. The van der Waals surface area contributed by atoms with E-state index < -0.39 is 12.0 Å². The Balaban J connectivity index is 1.73. The lowest BCUT2D eigenvalue weighted by molar-refractivity contribution is -0.139. The van der Waals surface area contributed by atoms with E-state index in [1.54, 1.807) is 30.5 Å². The summed E-state index contributed by atoms with van der Waals surface area (Å²) in [6.07, 6.45) is 1.83. The number of esters is 1. The number of carbonyl (C=O) groups is 1. The number of ether oxygens (including phenoxy) is 3. The number of nitrogens with zero attached hydrogens (tertiary/aromatic N) is 2. The van der Waals surface area contributed by atoms with Crippen molar-refractivity contribution in [2.24, 2.45) is 4.99 Å². The van der Waals surface area contributed by atoms with Gasteiger partial charge in [0.15, 0.2) is 16.3 Å². The third kappa shape index (κ3) is 3.91. The third-order valence-electron chi connectivity index (χ3n) is 5.38. The number of benzene rings is 2. The minimum atomic E-state index is -0.695. The molecule has 2 aliphatic heterocycles. The fraction of sp³-hybridized carbons (Fsp3) is 0.208. The zero-order valence-electron chi connectivity index (χ0n) is 17.8. The quantitative estimate of drug-likeness (QED) is 0.487. The number of carbonyl (C=O) groups excluding carboxylic acids is 1. The molecule has 1 atom stereocenters. The molecular weight excluding hydrogens is 508 g/mol. The summed E-state index contributed by atoms with van der Waals surface area (Å²) >= 11 is 4.75. The van der Waals surface area contributed by atoms with Crippen LogP contribution in [0, 0.1) is 0 Å². The van der Waals surface area contributed by atoms with Gasteiger partial charge in [0.25, 0.3) is 5.56 Å². The van der Waals surface area contributed by atoms with Crippen LogP contribution >= 0.6 is 27.3 Å². The Hall–Kier alpha value is -3.17. The molecule has 5 rings (SSSR count). The predicted molar refractivity (Wildman–Crippen MR) is 127 cm³/mol. The standard InChI is InChI=1S/C24H19BrN2O5S/c1-3-30-23(29)20-13(2)26-24-27(21(20)15-7-8-17-18(11-15)32-12-31-17)22(28)19(33-24)10-14-5-4-6-16(25)9-14/h4-11,21H,3,12H2,1-2H3/b19-10-. The highest BCUT2D eigenvalue weighted by molar-refractivity contribution is 9.10. The van der Waals surface area contributed by atoms with Gasteiger partial charge in [-0.25, -0.2) is 9.79 Å². The lowest BCUT2D eigenvalue weighted by atomic mass is 9.95. The molecule has 33 heavy (non-hydrogen) atoms. The zero-order valence-corrected chi connectivity index (χ0v) is 20.2. The van der Waals surface area contributed by atoms with Crippen molar-refractivity contribution in [1.82, 2.24) is 4.57 Å². The Morgan fingerprint density at radius 2 is 2.09 bits per heavy atom. The molecule has 9 heteroatoms. The van der Waals surface area contributed by atoms with E-state index in [0.717, 1.165) is 10.0 Å². The van der Waals surface area contributed by atoms with Crippen LogP contribution in [0.3, 0.4) is 0 Å². The molecule has 0 radical (unpaired) electrons. The molecular formula is C24H19BrN2O5S. The van der Waals surface area contributed by atoms with Crippen molar-refractivity contribution in [2.75, 3.05) is 13.4 Å². The first-order valence-corrected chi connectivity index (χ1v) is 11.9. The van der Waals surface area contributed by atoms with E-state index in [1.807, 2.05) is 36.4 Å². The molecule has 0 fully saturated rings. The molecule has 0 saturated heterocycles. The van der Waals surface area contributed by atoms with Gasteiger partial charge in [-0.05, 0) is 55.3 Å². The number of fused-ring (bicyclic) bond motifs is 2. The molecule has 0 amide bonds. The Morgan fingerprint density at radius 1 is 1.27 bits per heavy atom. The van der Waals surface area contributed by atoms with Crippen LogP contribution in [-0.2, 0) is 9.53 Å². The summed E-state index contributed by atoms with van der Waals surface area (Å²) in [5, 5.41) is 0. The van der Waals surface area contributed by atoms with Gasteiger partial charge in [0.1, 0.15) is 0 Å². The smallest absolute Gasteiger partial charge is 0.338 e. The van der Waals surface area contributed by atoms with Crippen molar-refractivity contribution in [3.8, 4) is 11.5 Å². The lowest BCUT2D eigenvalue weighted by Crippen LogP contribution is -2.39. The first-order valence-electron chi connectivity index (χ1n) is 10.3. The van der Waals surface area contributed by atoms with Crippen molar-refractivity contribution in [2.45, 2.75) is 19.9 Å². The molecule has 0 aliphatic carbocycles. The van der Waals surface area contributed by atoms with Crippen molar-refractivity contribution in [3.05, 3.63) is 89.0 Å². The second-order valence-electron chi connectivity index (χ2n) is 7.47. The van der Waals surface area contributed by atoms with Crippen LogP contribution in [0.2, 0.25) is 0 Å². The number of rotatable bonds is 4. The molecule has 1 unspecified atom stereocenters. The fourth-order valence-corrected chi connectivity index (χ4v) is 5.40. The van der Waals surface area contributed by atoms with E-state index in [9.17, 15) is 9.59 Å². The molecule has 3 aromatic rings. The normalized spacial score (nSPS) is 17.1. The Bertz CT molecular complexity index is 1490. The van der Waals surface area contributed by atoms with E-state index >= 15 is 0 Å². The highest BCUT2D eigenvalue weighted by atomic mass is 79.9. The summed E-state index contributed by atoms with van der Waals surface area (Å²) in [5.74, 6) is 0.698. The van der Waals surface area contributed by atoms with Crippen molar-refractivity contribution < 1.29 is 19.0 Å². The number of aromatic nitrogens is 1. The summed E-state index contributed by atoms with van der Waals surface area (Å²) in [7, 11) is 0. The minimum absolute atomic E-state index is 0.133. The Morgan fingerprint density at radius 3 is 2.88 bits per heavy atom. The van der Waals surface area contributed by atoms with Crippen molar-refractivity contribution >= 4 is 39.3 Å². The first-order chi connectivity index (χ1) is 16.0. The Kier molecular flexibility index (Phi) is 5.67. The molecule has 7 nitrogen and oxygen atoms in total. The van der Waals surface area contributed by atoms with E-state index in [-0.39, 0.29) is 19.0 Å². The van der Waals surface area contributed by atoms with Crippen LogP contribution in [0.4, 0.5) is 0 Å². The average molecular weight is 527 g/mol. The summed E-state index contributed by atoms with van der Waals surface area (Å²) in [6.45, 7) is 3.86. The maximum absolute atomic E-state index is 13.6. The maximum Gasteiger partial charge on any atom is 0.338 e. The van der Waals surface area contributed by atoms with Gasteiger partial charge in [-0.1, -0.05) is 45.5 Å². The molecule has 1 aromatic heterocycles. The van der Waals surface area contributed by atoms with E-state index in [0.29, 0.717) is 37.7 Å². The van der Waals surface area contributed by atoms with Gasteiger partial charge in [0.05, 0.1) is 28.5 Å². The number of thiazole rings is 1. The average Bonchev–Trinajstić information content (AvgIpc) is 3.37. The molecule has 168 valence electrons. The van der Waals surface area contributed by atoms with Gasteiger partial charge in [0, 0.05) is 4.47 Å². The van der Waals surface area contributed by atoms with Crippen molar-refractivity contribution in [3.63, 3.8) is 0 Å². The Labute approximate surface area is 201 Å². The van der Waals surface area contributed by atoms with Crippen LogP contribution in [0.15, 0.2) is 68.0 Å². The summed E-state index contributed by atoms with van der Waals surface area (Å²) < 4.78 is 19.3. The largest absolute Gasteiger partial charge is 0.463 e. The maximum atomic E-state index is 13.6. The zero-order chi connectivity index (χ0) is 23.1. The topological polar surface area (TPSA) is 79.1 Å². The molecule has 3 heterocycles. The van der Waals surface area contributed by atoms with Crippen LogP contribution in [0.1, 0.15) is 31.0 Å². The summed E-state index contributed by atoms with van der Waals surface area (Å²) in [5.41, 5.74) is 2.22.